The van der Waals surface area contributed by atoms with Gasteiger partial charge in [0.25, 0.3) is 11.8 Å². The Hall–Kier alpha value is -3.78. The van der Waals surface area contributed by atoms with E-state index in [0.717, 1.165) is 5.75 Å². The lowest BCUT2D eigenvalue weighted by Crippen LogP contribution is -2.35. The summed E-state index contributed by atoms with van der Waals surface area (Å²) in [4.78, 5) is 25.3. The molecule has 1 fully saturated rings. The second-order valence-corrected chi connectivity index (χ2v) is 8.81. The van der Waals surface area contributed by atoms with Crippen LogP contribution in [0.5, 0.6) is 17.2 Å². The smallest absolute Gasteiger partial charge is 0.282 e. The van der Waals surface area contributed by atoms with E-state index < -0.39 is 11.8 Å². The number of ether oxygens (including phenoxy) is 3. The molecule has 1 aliphatic rings. The first-order chi connectivity index (χ1) is 16.9. The molecule has 0 bridgehead atoms. The Kier molecular flexibility index (Phi) is 7.41. The fourth-order valence-corrected chi connectivity index (χ4v) is 4.13. The molecule has 35 heavy (non-hydrogen) atoms. The van der Waals surface area contributed by atoms with Crippen molar-refractivity contribution in [1.82, 2.24) is 5.43 Å². The highest BCUT2D eigenvalue weighted by atomic mass is 79.9. The van der Waals surface area contributed by atoms with Gasteiger partial charge in [0.1, 0.15) is 24.5 Å². The van der Waals surface area contributed by atoms with Crippen molar-refractivity contribution < 1.29 is 23.8 Å². The Balaban J connectivity index is 1.46. The number of aryl methyl sites for hydroxylation is 2. The van der Waals surface area contributed by atoms with E-state index in [1.807, 2.05) is 31.2 Å². The molecule has 1 heterocycles. The van der Waals surface area contributed by atoms with E-state index in [2.05, 4.69) is 28.3 Å². The summed E-state index contributed by atoms with van der Waals surface area (Å²) >= 11 is 3.51. The molecule has 7 nitrogen and oxygen atoms in total. The molecule has 1 N–H and O–H groups in total. The van der Waals surface area contributed by atoms with Crippen LogP contribution in [0, 0.1) is 13.8 Å². The maximum atomic E-state index is 12.9. The van der Waals surface area contributed by atoms with E-state index in [1.54, 1.807) is 36.4 Å². The predicted octanol–water partition coefficient (Wildman–Crippen LogP) is 4.99. The lowest BCUT2D eigenvalue weighted by Gasteiger charge is -2.15. The molecule has 180 valence electrons. The summed E-state index contributed by atoms with van der Waals surface area (Å²) in [5, 5.41) is 1.23. The minimum Gasteiger partial charge on any atom is -0.493 e. The third kappa shape index (κ3) is 5.49. The summed E-state index contributed by atoms with van der Waals surface area (Å²) in [6.45, 7) is 4.75. The van der Waals surface area contributed by atoms with E-state index in [9.17, 15) is 9.59 Å². The van der Waals surface area contributed by atoms with Crippen molar-refractivity contribution in [3.05, 3.63) is 87.4 Å². The van der Waals surface area contributed by atoms with Crippen molar-refractivity contribution >= 4 is 39.5 Å². The predicted molar refractivity (Wildman–Crippen MR) is 138 cm³/mol. The SMILES string of the molecule is COc1cc(C=C2C(=O)NN(c3ccccc3)C2=O)cc(Br)c1OCCOc1ccc(C)c(C)c1. The molecule has 4 rings (SSSR count). The number of carbonyl (C=O) groups is 2. The lowest BCUT2D eigenvalue weighted by atomic mass is 10.1. The molecule has 8 heteroatoms. The molecule has 2 amide bonds. The number of nitrogens with zero attached hydrogens (tertiary/aromatic N) is 1. The Labute approximate surface area is 212 Å². The number of halogens is 1. The second kappa shape index (κ2) is 10.7. The van der Waals surface area contributed by atoms with Crippen LogP contribution < -0.4 is 24.6 Å². The number of hydrogen-bond acceptors (Lipinski definition) is 5. The van der Waals surface area contributed by atoms with Crippen LogP contribution >= 0.6 is 15.9 Å². The first-order valence-corrected chi connectivity index (χ1v) is 11.8. The topological polar surface area (TPSA) is 77.1 Å². The highest BCUT2D eigenvalue weighted by Crippen LogP contribution is 2.37. The average Bonchev–Trinajstić information content (AvgIpc) is 3.13. The molecule has 0 unspecified atom stereocenters. The summed E-state index contributed by atoms with van der Waals surface area (Å²) < 4.78 is 17.8. The number of rotatable bonds is 8. The first-order valence-electron chi connectivity index (χ1n) is 11.0. The molecule has 1 aliphatic heterocycles. The van der Waals surface area contributed by atoms with Crippen LogP contribution in [0.3, 0.4) is 0 Å². The molecular weight excluding hydrogens is 512 g/mol. The summed E-state index contributed by atoms with van der Waals surface area (Å²) in [6.07, 6.45) is 1.53. The van der Waals surface area contributed by atoms with Crippen LogP contribution in [0.15, 0.2) is 70.7 Å². The molecule has 0 saturated carbocycles. The van der Waals surface area contributed by atoms with Crippen LogP contribution in [0.2, 0.25) is 0 Å². The van der Waals surface area contributed by atoms with Gasteiger partial charge < -0.3 is 14.2 Å². The number of benzene rings is 3. The summed E-state index contributed by atoms with van der Waals surface area (Å²) in [5.74, 6) is 0.848. The third-order valence-electron chi connectivity index (χ3n) is 5.55. The van der Waals surface area contributed by atoms with Crippen LogP contribution in [0.4, 0.5) is 5.69 Å². The van der Waals surface area contributed by atoms with Crippen LogP contribution in [-0.4, -0.2) is 32.1 Å². The monoisotopic (exact) mass is 536 g/mol. The Morgan fingerprint density at radius 2 is 1.69 bits per heavy atom. The number of methoxy groups -OCH3 is 1. The first kappa shape index (κ1) is 24.3. The fourth-order valence-electron chi connectivity index (χ4n) is 3.55. The highest BCUT2D eigenvalue weighted by Gasteiger charge is 2.34. The highest BCUT2D eigenvalue weighted by molar-refractivity contribution is 9.10. The minimum atomic E-state index is -0.474. The average molecular weight is 537 g/mol. The molecule has 0 aromatic heterocycles. The molecule has 3 aromatic carbocycles. The van der Waals surface area contributed by atoms with Gasteiger partial charge in [-0.05, 0) is 88.9 Å². The molecule has 1 saturated heterocycles. The van der Waals surface area contributed by atoms with Gasteiger partial charge in [0.2, 0.25) is 0 Å². The Bertz CT molecular complexity index is 1290. The Morgan fingerprint density at radius 3 is 2.40 bits per heavy atom. The second-order valence-electron chi connectivity index (χ2n) is 7.95. The van der Waals surface area contributed by atoms with Crippen LogP contribution in [-0.2, 0) is 9.59 Å². The van der Waals surface area contributed by atoms with E-state index in [-0.39, 0.29) is 5.57 Å². The zero-order valence-electron chi connectivity index (χ0n) is 19.6. The maximum absolute atomic E-state index is 12.9. The quantitative estimate of drug-likeness (QED) is 0.249. The molecule has 0 atom stereocenters. The van der Waals surface area contributed by atoms with Gasteiger partial charge in [-0.1, -0.05) is 24.3 Å². The van der Waals surface area contributed by atoms with Gasteiger partial charge in [-0.3, -0.25) is 15.0 Å². The largest absolute Gasteiger partial charge is 0.493 e. The van der Waals surface area contributed by atoms with E-state index in [0.29, 0.717) is 40.4 Å². The van der Waals surface area contributed by atoms with Crippen molar-refractivity contribution in [2.45, 2.75) is 13.8 Å². The zero-order valence-corrected chi connectivity index (χ0v) is 21.2. The van der Waals surface area contributed by atoms with Gasteiger partial charge in [0, 0.05) is 0 Å². The summed E-state index contributed by atoms with van der Waals surface area (Å²) in [6, 6.07) is 18.3. The molecular formula is C27H25BrN2O5. The summed E-state index contributed by atoms with van der Waals surface area (Å²) in [5.41, 5.74) is 6.19. The normalized spacial score (nSPS) is 14.3. The van der Waals surface area contributed by atoms with Gasteiger partial charge in [-0.25, -0.2) is 5.01 Å². The molecule has 0 aliphatic carbocycles. The van der Waals surface area contributed by atoms with E-state index in [1.165, 1.54) is 29.3 Å². The van der Waals surface area contributed by atoms with E-state index in [4.69, 9.17) is 14.2 Å². The van der Waals surface area contributed by atoms with Gasteiger partial charge in [0.15, 0.2) is 11.5 Å². The number of hydrogen-bond donors (Lipinski definition) is 1. The van der Waals surface area contributed by atoms with Crippen LogP contribution in [0.1, 0.15) is 16.7 Å². The maximum Gasteiger partial charge on any atom is 0.282 e. The molecule has 3 aromatic rings. The number of nitrogens with one attached hydrogen (secondary N) is 1. The number of hydrazine groups is 1. The number of carbonyl (C=O) groups excluding carboxylic acids is 2. The standard InChI is InChI=1S/C27H25BrN2O5/c1-17-9-10-21(13-18(17)2)34-11-12-35-25-23(28)15-19(16-24(25)33-3)14-22-26(31)29-30(27(22)32)20-7-5-4-6-8-20/h4-10,13-16H,11-12H2,1-3H3,(H,29,31). The third-order valence-corrected chi connectivity index (χ3v) is 6.13. The van der Waals surface area contributed by atoms with Gasteiger partial charge in [-0.2, -0.15) is 0 Å². The zero-order chi connectivity index (χ0) is 24.9. The van der Waals surface area contributed by atoms with Crippen molar-refractivity contribution in [1.29, 1.82) is 0 Å². The molecule has 0 spiro atoms. The summed E-state index contributed by atoms with van der Waals surface area (Å²) in [7, 11) is 1.53. The van der Waals surface area contributed by atoms with Crippen LogP contribution in [0.25, 0.3) is 6.08 Å². The number of para-hydroxylation sites is 1. The molecule has 0 radical (unpaired) electrons. The van der Waals surface area contributed by atoms with Gasteiger partial charge >= 0.3 is 0 Å². The number of amides is 2. The van der Waals surface area contributed by atoms with Crippen molar-refractivity contribution in [3.63, 3.8) is 0 Å². The van der Waals surface area contributed by atoms with Gasteiger partial charge in [0.05, 0.1) is 17.3 Å². The lowest BCUT2D eigenvalue weighted by molar-refractivity contribution is -0.117. The van der Waals surface area contributed by atoms with E-state index >= 15 is 0 Å². The van der Waals surface area contributed by atoms with Crippen molar-refractivity contribution in [2.75, 3.05) is 25.3 Å². The van der Waals surface area contributed by atoms with Crippen molar-refractivity contribution in [2.24, 2.45) is 0 Å². The van der Waals surface area contributed by atoms with Gasteiger partial charge in [-0.15, -0.1) is 0 Å². The fraction of sp³-hybridized carbons (Fsp3) is 0.185. The Morgan fingerprint density at radius 1 is 0.943 bits per heavy atom. The van der Waals surface area contributed by atoms with Crippen molar-refractivity contribution in [3.8, 4) is 17.2 Å². The minimum absolute atomic E-state index is 0.0262. The number of anilines is 1.